The van der Waals surface area contributed by atoms with Gasteiger partial charge in [-0.15, -0.1) is 0 Å². The number of carbonyl (C=O) groups excluding carboxylic acids is 2. The molecule has 0 atom stereocenters. The van der Waals surface area contributed by atoms with Crippen LogP contribution in [-0.4, -0.2) is 30.5 Å². The summed E-state index contributed by atoms with van der Waals surface area (Å²) in [6.45, 7) is 4.77. The van der Waals surface area contributed by atoms with Crippen molar-refractivity contribution in [2.24, 2.45) is 5.92 Å². The zero-order valence-electron chi connectivity index (χ0n) is 19.4. The third-order valence-corrected chi connectivity index (χ3v) is 4.94. The molecule has 2 aromatic carbocycles. The highest BCUT2D eigenvalue weighted by molar-refractivity contribution is 5.96. The Hall–Kier alpha value is -3.88. The van der Waals surface area contributed by atoms with E-state index in [1.54, 1.807) is 30.3 Å². The number of oxazole rings is 1. The summed E-state index contributed by atoms with van der Waals surface area (Å²) >= 11 is 0. The van der Waals surface area contributed by atoms with E-state index in [0.717, 1.165) is 6.42 Å². The van der Waals surface area contributed by atoms with Gasteiger partial charge in [0.25, 0.3) is 5.91 Å². The normalized spacial score (nSPS) is 10.7. The predicted molar refractivity (Wildman–Crippen MR) is 124 cm³/mol. The Morgan fingerprint density at radius 2 is 1.85 bits per heavy atom. The second-order valence-electron chi connectivity index (χ2n) is 8.02. The number of rotatable bonds is 10. The first-order chi connectivity index (χ1) is 16.4. The molecule has 3 aromatic rings. The number of hydrogen-bond donors (Lipinski definition) is 2. The number of benzene rings is 2. The van der Waals surface area contributed by atoms with E-state index >= 15 is 0 Å². The van der Waals surface area contributed by atoms with Crippen molar-refractivity contribution in [3.63, 3.8) is 0 Å². The molecule has 9 heteroatoms. The summed E-state index contributed by atoms with van der Waals surface area (Å²) in [4.78, 5) is 28.7. The molecule has 8 nitrogen and oxygen atoms in total. The van der Waals surface area contributed by atoms with Crippen LogP contribution >= 0.6 is 0 Å². The van der Waals surface area contributed by atoms with E-state index in [1.165, 1.54) is 25.4 Å². The molecule has 0 fully saturated rings. The zero-order chi connectivity index (χ0) is 24.5. The number of nitrogens with zero attached hydrogens (tertiary/aromatic N) is 1. The van der Waals surface area contributed by atoms with E-state index in [4.69, 9.17) is 13.9 Å². The van der Waals surface area contributed by atoms with Gasteiger partial charge < -0.3 is 13.9 Å². The van der Waals surface area contributed by atoms with Gasteiger partial charge in [-0.3, -0.25) is 20.4 Å². The van der Waals surface area contributed by atoms with Crippen LogP contribution in [0.5, 0.6) is 11.5 Å². The lowest BCUT2D eigenvalue weighted by Crippen LogP contribution is -2.41. The predicted octanol–water partition coefficient (Wildman–Crippen LogP) is 4.31. The fraction of sp³-hybridized carbons (Fsp3) is 0.320. The Labute approximate surface area is 197 Å². The summed E-state index contributed by atoms with van der Waals surface area (Å²) in [5.41, 5.74) is 5.75. The molecule has 0 saturated heterocycles. The van der Waals surface area contributed by atoms with Crippen LogP contribution in [0.15, 0.2) is 53.1 Å². The average molecular weight is 470 g/mol. The van der Waals surface area contributed by atoms with Gasteiger partial charge in [-0.05, 0) is 54.8 Å². The smallest absolute Gasteiger partial charge is 0.269 e. The first-order valence-corrected chi connectivity index (χ1v) is 11.0. The van der Waals surface area contributed by atoms with Gasteiger partial charge in [0.2, 0.25) is 5.91 Å². The molecule has 34 heavy (non-hydrogen) atoms. The van der Waals surface area contributed by atoms with E-state index in [1.807, 2.05) is 0 Å². The number of amides is 2. The molecule has 0 spiro atoms. The molecule has 1 heterocycles. The van der Waals surface area contributed by atoms with Crippen molar-refractivity contribution in [3.8, 4) is 22.8 Å². The van der Waals surface area contributed by atoms with Gasteiger partial charge in [0.15, 0.2) is 23.1 Å². The quantitative estimate of drug-likeness (QED) is 0.429. The van der Waals surface area contributed by atoms with Crippen LogP contribution in [0.4, 0.5) is 4.39 Å². The third-order valence-electron chi connectivity index (χ3n) is 4.94. The summed E-state index contributed by atoms with van der Waals surface area (Å²) < 4.78 is 29.7. The largest absolute Gasteiger partial charge is 0.493 e. The molecule has 0 aliphatic carbocycles. The number of halogens is 1. The van der Waals surface area contributed by atoms with Gasteiger partial charge in [-0.25, -0.2) is 9.37 Å². The van der Waals surface area contributed by atoms with E-state index in [9.17, 15) is 14.0 Å². The summed E-state index contributed by atoms with van der Waals surface area (Å²) in [6.07, 6.45) is 2.71. The summed E-state index contributed by atoms with van der Waals surface area (Å²) in [5, 5.41) is 0. The average Bonchev–Trinajstić information content (AvgIpc) is 3.30. The molecule has 0 saturated carbocycles. The van der Waals surface area contributed by atoms with Gasteiger partial charge in [-0.2, -0.15) is 0 Å². The minimum absolute atomic E-state index is 0.0512. The van der Waals surface area contributed by atoms with E-state index < -0.39 is 11.8 Å². The zero-order valence-corrected chi connectivity index (χ0v) is 19.4. The lowest BCUT2D eigenvalue weighted by Gasteiger charge is -2.13. The highest BCUT2D eigenvalue weighted by atomic mass is 19.1. The number of hydrogen-bond acceptors (Lipinski definition) is 6. The molecule has 0 aliphatic heterocycles. The van der Waals surface area contributed by atoms with Crippen molar-refractivity contribution in [1.29, 1.82) is 0 Å². The molecule has 1 aromatic heterocycles. The first kappa shape index (κ1) is 24.8. The number of methoxy groups -OCH3 is 1. The highest BCUT2D eigenvalue weighted by Crippen LogP contribution is 2.28. The number of ether oxygens (including phenoxy) is 2. The van der Waals surface area contributed by atoms with Crippen LogP contribution in [0.2, 0.25) is 0 Å². The highest BCUT2D eigenvalue weighted by Gasteiger charge is 2.13. The number of hydrazine groups is 1. The number of aromatic nitrogens is 1. The van der Waals surface area contributed by atoms with Crippen LogP contribution in [0.3, 0.4) is 0 Å². The van der Waals surface area contributed by atoms with Crippen molar-refractivity contribution in [3.05, 3.63) is 65.9 Å². The standard InChI is InChI=1S/C25H28FN3O5/c1-16(2)12-13-33-20-9-6-18(14-21(20)32-3)25(31)29-28-23(30)10-11-24-27-15-22(34-24)17-4-7-19(26)8-5-17/h4-9,14-16H,10-13H2,1-3H3,(H,28,30)(H,29,31). The molecule has 0 aliphatic rings. The summed E-state index contributed by atoms with van der Waals surface area (Å²) in [6, 6.07) is 10.6. The Kier molecular flexibility index (Phi) is 8.61. The van der Waals surface area contributed by atoms with Crippen molar-refractivity contribution in [1.82, 2.24) is 15.8 Å². The SMILES string of the molecule is COc1cc(C(=O)NNC(=O)CCc2ncc(-c3ccc(F)cc3)o2)ccc1OCCC(C)C. The maximum absolute atomic E-state index is 13.0. The molecule has 2 amide bonds. The number of nitrogens with one attached hydrogen (secondary N) is 2. The molecule has 0 bridgehead atoms. The second-order valence-corrected chi connectivity index (χ2v) is 8.02. The number of carbonyl (C=O) groups is 2. The van der Waals surface area contributed by atoms with Crippen molar-refractivity contribution in [2.45, 2.75) is 33.1 Å². The van der Waals surface area contributed by atoms with Crippen LogP contribution in [-0.2, 0) is 11.2 Å². The van der Waals surface area contributed by atoms with Gasteiger partial charge in [-0.1, -0.05) is 13.8 Å². The Morgan fingerprint density at radius 3 is 2.56 bits per heavy atom. The topological polar surface area (TPSA) is 103 Å². The van der Waals surface area contributed by atoms with Crippen molar-refractivity contribution >= 4 is 11.8 Å². The minimum Gasteiger partial charge on any atom is -0.493 e. The number of aryl methyl sites for hydroxylation is 1. The van der Waals surface area contributed by atoms with Crippen LogP contribution < -0.4 is 20.3 Å². The minimum atomic E-state index is -0.491. The fourth-order valence-electron chi connectivity index (χ4n) is 2.99. The lowest BCUT2D eigenvalue weighted by molar-refractivity contribution is -0.121. The lowest BCUT2D eigenvalue weighted by atomic mass is 10.1. The maximum Gasteiger partial charge on any atom is 0.269 e. The second kappa shape index (κ2) is 11.8. The van der Waals surface area contributed by atoms with Gasteiger partial charge >= 0.3 is 0 Å². The van der Waals surface area contributed by atoms with Crippen molar-refractivity contribution < 1.29 is 27.9 Å². The monoisotopic (exact) mass is 469 g/mol. The third kappa shape index (κ3) is 7.06. The van der Waals surface area contributed by atoms with Crippen LogP contribution in [0.1, 0.15) is 42.9 Å². The van der Waals surface area contributed by atoms with Gasteiger partial charge in [0.1, 0.15) is 5.82 Å². The fourth-order valence-corrected chi connectivity index (χ4v) is 2.99. The summed E-state index contributed by atoms with van der Waals surface area (Å²) in [7, 11) is 1.50. The Balaban J connectivity index is 1.47. The molecule has 2 N–H and O–H groups in total. The van der Waals surface area contributed by atoms with E-state index in [0.29, 0.717) is 46.8 Å². The van der Waals surface area contributed by atoms with Gasteiger partial charge in [0, 0.05) is 24.0 Å². The maximum atomic E-state index is 13.0. The first-order valence-electron chi connectivity index (χ1n) is 11.0. The molecular weight excluding hydrogens is 441 g/mol. The van der Waals surface area contributed by atoms with Crippen molar-refractivity contribution in [2.75, 3.05) is 13.7 Å². The van der Waals surface area contributed by atoms with Gasteiger partial charge in [0.05, 0.1) is 19.9 Å². The molecule has 180 valence electrons. The summed E-state index contributed by atoms with van der Waals surface area (Å²) in [5.74, 6) is 1.10. The molecule has 0 radical (unpaired) electrons. The van der Waals surface area contributed by atoms with E-state index in [2.05, 4.69) is 29.7 Å². The Morgan fingerprint density at radius 1 is 1.09 bits per heavy atom. The van der Waals surface area contributed by atoms with Crippen LogP contribution in [0, 0.1) is 11.7 Å². The Bertz CT molecular complexity index is 1110. The molecule has 3 rings (SSSR count). The van der Waals surface area contributed by atoms with E-state index in [-0.39, 0.29) is 18.7 Å². The van der Waals surface area contributed by atoms with Crippen LogP contribution in [0.25, 0.3) is 11.3 Å². The molecular formula is C25H28FN3O5. The molecule has 0 unspecified atom stereocenters.